The van der Waals surface area contributed by atoms with Crippen LogP contribution < -0.4 is 5.73 Å². The van der Waals surface area contributed by atoms with Gasteiger partial charge in [-0.05, 0) is 29.8 Å². The first-order valence-corrected chi connectivity index (χ1v) is 6.81. The van der Waals surface area contributed by atoms with Gasteiger partial charge < -0.3 is 10.6 Å². The summed E-state index contributed by atoms with van der Waals surface area (Å²) in [5, 5.41) is 0. The molecule has 3 nitrogen and oxygen atoms in total. The average Bonchev–Trinajstić information content (AvgIpc) is 2.39. The van der Waals surface area contributed by atoms with Gasteiger partial charge in [0.25, 0.3) is 5.91 Å². The number of carbonyl (C=O) groups is 1. The van der Waals surface area contributed by atoms with Crippen LogP contribution in [-0.2, 0) is 6.54 Å². The van der Waals surface area contributed by atoms with Crippen LogP contribution in [0.1, 0.15) is 15.9 Å². The first kappa shape index (κ1) is 14.5. The SMILES string of the molecule is CN(Cc1ccccc1Br)C(=O)c1cc(N)cc(F)c1. The molecule has 0 saturated heterocycles. The van der Waals surface area contributed by atoms with Crippen LogP contribution in [-0.4, -0.2) is 17.9 Å². The van der Waals surface area contributed by atoms with Gasteiger partial charge in [-0.25, -0.2) is 4.39 Å². The summed E-state index contributed by atoms with van der Waals surface area (Å²) in [7, 11) is 1.67. The maximum atomic E-state index is 13.3. The minimum Gasteiger partial charge on any atom is -0.399 e. The van der Waals surface area contributed by atoms with Gasteiger partial charge in [-0.1, -0.05) is 34.1 Å². The highest BCUT2D eigenvalue weighted by atomic mass is 79.9. The molecule has 0 aliphatic heterocycles. The van der Waals surface area contributed by atoms with Crippen LogP contribution in [0.3, 0.4) is 0 Å². The van der Waals surface area contributed by atoms with E-state index in [1.807, 2.05) is 24.3 Å². The Hall–Kier alpha value is -1.88. The van der Waals surface area contributed by atoms with Gasteiger partial charge in [-0.3, -0.25) is 4.79 Å². The number of hydrogen-bond acceptors (Lipinski definition) is 2. The Balaban J connectivity index is 2.18. The van der Waals surface area contributed by atoms with Crippen molar-refractivity contribution in [3.8, 4) is 0 Å². The van der Waals surface area contributed by atoms with E-state index in [1.54, 1.807) is 7.05 Å². The van der Waals surface area contributed by atoms with Crippen LogP contribution in [0, 0.1) is 5.82 Å². The molecule has 0 atom stereocenters. The van der Waals surface area contributed by atoms with Gasteiger partial charge in [-0.15, -0.1) is 0 Å². The van der Waals surface area contributed by atoms with Crippen molar-refractivity contribution in [2.45, 2.75) is 6.54 Å². The van der Waals surface area contributed by atoms with Crippen LogP contribution in [0.25, 0.3) is 0 Å². The summed E-state index contributed by atoms with van der Waals surface area (Å²) in [6, 6.07) is 11.5. The third kappa shape index (κ3) is 3.36. The highest BCUT2D eigenvalue weighted by molar-refractivity contribution is 9.10. The molecule has 2 rings (SSSR count). The van der Waals surface area contributed by atoms with Crippen molar-refractivity contribution in [1.29, 1.82) is 0 Å². The smallest absolute Gasteiger partial charge is 0.254 e. The van der Waals surface area contributed by atoms with Crippen molar-refractivity contribution in [3.63, 3.8) is 0 Å². The number of rotatable bonds is 3. The predicted octanol–water partition coefficient (Wildman–Crippen LogP) is 3.44. The van der Waals surface area contributed by atoms with Gasteiger partial charge in [-0.2, -0.15) is 0 Å². The standard InChI is InChI=1S/C15H14BrFN2O/c1-19(9-10-4-2-3-5-14(10)16)15(20)11-6-12(17)8-13(18)7-11/h2-8H,9,18H2,1H3. The number of halogens is 2. The summed E-state index contributed by atoms with van der Waals surface area (Å²) < 4.78 is 14.2. The lowest BCUT2D eigenvalue weighted by Crippen LogP contribution is -2.26. The molecule has 2 aromatic carbocycles. The van der Waals surface area contributed by atoms with E-state index in [4.69, 9.17) is 5.73 Å². The van der Waals surface area contributed by atoms with Crippen LogP contribution in [0.15, 0.2) is 46.9 Å². The molecule has 0 spiro atoms. The highest BCUT2D eigenvalue weighted by Gasteiger charge is 2.14. The number of hydrogen-bond donors (Lipinski definition) is 1. The van der Waals surface area contributed by atoms with Crippen LogP contribution in [0.2, 0.25) is 0 Å². The van der Waals surface area contributed by atoms with E-state index in [0.717, 1.165) is 10.0 Å². The Labute approximate surface area is 125 Å². The zero-order chi connectivity index (χ0) is 14.7. The van der Waals surface area contributed by atoms with Crippen molar-refractivity contribution >= 4 is 27.5 Å². The van der Waals surface area contributed by atoms with Crippen molar-refractivity contribution in [1.82, 2.24) is 4.90 Å². The van der Waals surface area contributed by atoms with Crippen molar-refractivity contribution in [2.24, 2.45) is 0 Å². The number of nitrogens with two attached hydrogens (primary N) is 1. The number of amides is 1. The molecule has 104 valence electrons. The summed E-state index contributed by atoms with van der Waals surface area (Å²) in [6.07, 6.45) is 0. The van der Waals surface area contributed by atoms with Crippen LogP contribution in [0.4, 0.5) is 10.1 Å². The lowest BCUT2D eigenvalue weighted by atomic mass is 10.1. The maximum Gasteiger partial charge on any atom is 0.254 e. The van der Waals surface area contributed by atoms with Gasteiger partial charge in [0.1, 0.15) is 5.82 Å². The zero-order valence-corrected chi connectivity index (χ0v) is 12.5. The van der Waals surface area contributed by atoms with Crippen molar-refractivity contribution in [3.05, 3.63) is 63.9 Å². The predicted molar refractivity (Wildman–Crippen MR) is 80.8 cm³/mol. The fourth-order valence-electron chi connectivity index (χ4n) is 1.91. The van der Waals surface area contributed by atoms with Crippen molar-refractivity contribution < 1.29 is 9.18 Å². The number of nitrogen functional groups attached to an aromatic ring is 1. The fourth-order valence-corrected chi connectivity index (χ4v) is 2.32. The van der Waals surface area contributed by atoms with E-state index in [-0.39, 0.29) is 17.2 Å². The second-order valence-electron chi connectivity index (χ2n) is 4.53. The van der Waals surface area contributed by atoms with Gasteiger partial charge in [0.2, 0.25) is 0 Å². The molecule has 0 aromatic heterocycles. The minimum atomic E-state index is -0.511. The van der Waals surface area contributed by atoms with E-state index in [1.165, 1.54) is 23.1 Å². The van der Waals surface area contributed by atoms with Gasteiger partial charge >= 0.3 is 0 Å². The van der Waals surface area contributed by atoms with E-state index < -0.39 is 5.82 Å². The first-order valence-electron chi connectivity index (χ1n) is 6.02. The Morgan fingerprint density at radius 3 is 2.65 bits per heavy atom. The van der Waals surface area contributed by atoms with Crippen molar-refractivity contribution in [2.75, 3.05) is 12.8 Å². The lowest BCUT2D eigenvalue weighted by molar-refractivity contribution is 0.0784. The molecular formula is C15H14BrFN2O. The normalized spacial score (nSPS) is 10.3. The fraction of sp³-hybridized carbons (Fsp3) is 0.133. The molecular weight excluding hydrogens is 323 g/mol. The average molecular weight is 337 g/mol. The molecule has 5 heteroatoms. The van der Waals surface area contributed by atoms with Gasteiger partial charge in [0, 0.05) is 29.3 Å². The molecule has 0 unspecified atom stereocenters. The summed E-state index contributed by atoms with van der Waals surface area (Å²) >= 11 is 3.44. The first-order chi connectivity index (χ1) is 9.47. The third-order valence-corrected chi connectivity index (χ3v) is 3.65. The lowest BCUT2D eigenvalue weighted by Gasteiger charge is -2.18. The summed E-state index contributed by atoms with van der Waals surface area (Å²) in [5.74, 6) is -0.783. The Bertz CT molecular complexity index is 625. The van der Waals surface area contributed by atoms with E-state index in [0.29, 0.717) is 6.54 Å². The molecule has 0 heterocycles. The molecule has 0 radical (unpaired) electrons. The molecule has 2 N–H and O–H groups in total. The van der Waals surface area contributed by atoms with Gasteiger partial charge in [0.05, 0.1) is 0 Å². The Morgan fingerprint density at radius 2 is 2.00 bits per heavy atom. The van der Waals surface area contributed by atoms with Crippen LogP contribution in [0.5, 0.6) is 0 Å². The quantitative estimate of drug-likeness (QED) is 0.872. The molecule has 1 amide bonds. The highest BCUT2D eigenvalue weighted by Crippen LogP contribution is 2.19. The Morgan fingerprint density at radius 1 is 1.30 bits per heavy atom. The second-order valence-corrected chi connectivity index (χ2v) is 5.38. The summed E-state index contributed by atoms with van der Waals surface area (Å²) in [5.41, 5.74) is 7.02. The largest absolute Gasteiger partial charge is 0.399 e. The van der Waals surface area contributed by atoms with E-state index in [9.17, 15) is 9.18 Å². The third-order valence-electron chi connectivity index (χ3n) is 2.88. The molecule has 20 heavy (non-hydrogen) atoms. The monoisotopic (exact) mass is 336 g/mol. The molecule has 0 aliphatic rings. The van der Waals surface area contributed by atoms with Gasteiger partial charge in [0.15, 0.2) is 0 Å². The Kier molecular flexibility index (Phi) is 4.39. The van der Waals surface area contributed by atoms with E-state index in [2.05, 4.69) is 15.9 Å². The number of anilines is 1. The number of carbonyl (C=O) groups excluding carboxylic acids is 1. The second kappa shape index (κ2) is 6.05. The van der Waals surface area contributed by atoms with E-state index >= 15 is 0 Å². The maximum absolute atomic E-state index is 13.3. The minimum absolute atomic E-state index is 0.239. The topological polar surface area (TPSA) is 46.3 Å². The molecule has 0 fully saturated rings. The number of nitrogens with zero attached hydrogens (tertiary/aromatic N) is 1. The summed E-state index contributed by atoms with van der Waals surface area (Å²) in [4.78, 5) is 13.8. The zero-order valence-electron chi connectivity index (χ0n) is 10.9. The molecule has 2 aromatic rings. The number of benzene rings is 2. The van der Waals surface area contributed by atoms with Crippen LogP contribution >= 0.6 is 15.9 Å². The molecule has 0 aliphatic carbocycles. The molecule has 0 saturated carbocycles. The summed E-state index contributed by atoms with van der Waals surface area (Å²) in [6.45, 7) is 0.427. The molecule has 0 bridgehead atoms.